The molecule has 0 spiro atoms. The van der Waals surface area contributed by atoms with E-state index < -0.39 is 0 Å². The first kappa shape index (κ1) is 11.7. The molecule has 19 heavy (non-hydrogen) atoms. The Morgan fingerprint density at radius 1 is 0.947 bits per heavy atom. The highest BCUT2D eigenvalue weighted by molar-refractivity contribution is 5.66. The van der Waals surface area contributed by atoms with Crippen LogP contribution >= 0.6 is 0 Å². The minimum Gasteiger partial charge on any atom is -0.436 e. The zero-order valence-corrected chi connectivity index (χ0v) is 10.9. The number of aryl methyl sites for hydroxylation is 2. The van der Waals surface area contributed by atoms with Gasteiger partial charge in [-0.1, -0.05) is 24.3 Å². The summed E-state index contributed by atoms with van der Waals surface area (Å²) < 4.78 is 5.93. The van der Waals surface area contributed by atoms with Crippen molar-refractivity contribution in [2.24, 2.45) is 0 Å². The molecule has 0 saturated heterocycles. The molecule has 1 aromatic carbocycles. The van der Waals surface area contributed by atoms with E-state index in [1.54, 1.807) is 12.4 Å². The van der Waals surface area contributed by atoms with Crippen LogP contribution in [-0.2, 0) is 0 Å². The van der Waals surface area contributed by atoms with Crippen molar-refractivity contribution in [3.05, 3.63) is 60.0 Å². The van der Waals surface area contributed by atoms with Crippen LogP contribution in [0, 0.1) is 13.8 Å². The molecule has 3 rings (SSSR count). The summed E-state index contributed by atoms with van der Waals surface area (Å²) in [6.07, 6.45) is 3.48. The lowest BCUT2D eigenvalue weighted by Crippen LogP contribution is -1.82. The van der Waals surface area contributed by atoms with Gasteiger partial charge in [0.25, 0.3) is 0 Å². The van der Waals surface area contributed by atoms with E-state index in [0.29, 0.717) is 5.89 Å². The number of rotatable bonds is 2. The highest BCUT2D eigenvalue weighted by Gasteiger charge is 2.14. The maximum atomic E-state index is 5.93. The van der Waals surface area contributed by atoms with Crippen LogP contribution in [0.5, 0.6) is 0 Å². The molecule has 0 saturated carbocycles. The topological polar surface area (TPSA) is 38.9 Å². The minimum absolute atomic E-state index is 0.637. The van der Waals surface area contributed by atoms with Crippen molar-refractivity contribution in [1.82, 2.24) is 9.97 Å². The number of pyridine rings is 1. The average Bonchev–Trinajstić information content (AvgIpc) is 2.82. The van der Waals surface area contributed by atoms with Crippen molar-refractivity contribution < 1.29 is 4.42 Å². The summed E-state index contributed by atoms with van der Waals surface area (Å²) in [5.74, 6) is 1.48. The number of aromatic nitrogens is 2. The van der Waals surface area contributed by atoms with Gasteiger partial charge in [-0.3, -0.25) is 4.98 Å². The van der Waals surface area contributed by atoms with Gasteiger partial charge in [0.05, 0.1) is 5.69 Å². The molecule has 0 unspecified atom stereocenters. The summed E-state index contributed by atoms with van der Waals surface area (Å²) in [7, 11) is 0. The number of benzene rings is 1. The van der Waals surface area contributed by atoms with Crippen LogP contribution in [0.3, 0.4) is 0 Å². The summed E-state index contributed by atoms with van der Waals surface area (Å²) in [5.41, 5.74) is 4.12. The average molecular weight is 250 g/mol. The van der Waals surface area contributed by atoms with Crippen molar-refractivity contribution in [3.63, 3.8) is 0 Å². The number of oxazole rings is 1. The molecule has 2 heterocycles. The van der Waals surface area contributed by atoms with Crippen LogP contribution in [-0.4, -0.2) is 9.97 Å². The van der Waals surface area contributed by atoms with Gasteiger partial charge in [-0.05, 0) is 31.5 Å². The molecule has 0 radical (unpaired) electrons. The Morgan fingerprint density at radius 2 is 1.68 bits per heavy atom. The Labute approximate surface area is 112 Å². The van der Waals surface area contributed by atoms with Crippen LogP contribution in [0.1, 0.15) is 11.3 Å². The van der Waals surface area contributed by atoms with Gasteiger partial charge >= 0.3 is 0 Å². The molecule has 0 aliphatic heterocycles. The Kier molecular flexibility index (Phi) is 2.88. The van der Waals surface area contributed by atoms with E-state index in [-0.39, 0.29) is 0 Å². The monoisotopic (exact) mass is 250 g/mol. The van der Waals surface area contributed by atoms with Crippen LogP contribution in [0.4, 0.5) is 0 Å². The molecule has 0 aliphatic carbocycles. The third kappa shape index (κ3) is 2.15. The van der Waals surface area contributed by atoms with E-state index in [1.165, 1.54) is 5.56 Å². The van der Waals surface area contributed by atoms with E-state index in [0.717, 1.165) is 22.6 Å². The van der Waals surface area contributed by atoms with Gasteiger partial charge in [-0.25, -0.2) is 4.98 Å². The lowest BCUT2D eigenvalue weighted by atomic mass is 10.1. The number of hydrogen-bond acceptors (Lipinski definition) is 3. The summed E-state index contributed by atoms with van der Waals surface area (Å²) in [5, 5.41) is 0. The maximum absolute atomic E-state index is 5.93. The lowest BCUT2D eigenvalue weighted by Gasteiger charge is -2.01. The van der Waals surface area contributed by atoms with E-state index >= 15 is 0 Å². The standard InChI is InChI=1S/C16H14N2O/c1-11-5-3-4-6-14(11)15-12(2)18-16(19-15)13-7-9-17-10-8-13/h3-10H,1-2H3. The van der Waals surface area contributed by atoms with Gasteiger partial charge in [0, 0.05) is 23.5 Å². The Balaban J connectivity index is 2.11. The zero-order valence-electron chi connectivity index (χ0n) is 10.9. The smallest absolute Gasteiger partial charge is 0.227 e. The molecule has 3 heteroatoms. The van der Waals surface area contributed by atoms with E-state index in [2.05, 4.69) is 29.0 Å². The van der Waals surface area contributed by atoms with Crippen molar-refractivity contribution in [3.8, 4) is 22.8 Å². The van der Waals surface area contributed by atoms with E-state index in [1.807, 2.05) is 31.2 Å². The largest absolute Gasteiger partial charge is 0.436 e. The van der Waals surface area contributed by atoms with Gasteiger partial charge in [-0.15, -0.1) is 0 Å². The highest BCUT2D eigenvalue weighted by atomic mass is 16.4. The molecular weight excluding hydrogens is 236 g/mol. The highest BCUT2D eigenvalue weighted by Crippen LogP contribution is 2.30. The summed E-state index contributed by atoms with van der Waals surface area (Å²) in [4.78, 5) is 8.51. The molecule has 0 fully saturated rings. The number of nitrogens with zero attached hydrogens (tertiary/aromatic N) is 2. The maximum Gasteiger partial charge on any atom is 0.227 e. The molecule has 0 N–H and O–H groups in total. The lowest BCUT2D eigenvalue weighted by molar-refractivity contribution is 0.587. The van der Waals surface area contributed by atoms with Gasteiger partial charge in [-0.2, -0.15) is 0 Å². The minimum atomic E-state index is 0.637. The van der Waals surface area contributed by atoms with E-state index in [4.69, 9.17) is 4.42 Å². The second-order valence-electron chi connectivity index (χ2n) is 4.48. The fraction of sp³-hybridized carbons (Fsp3) is 0.125. The molecular formula is C16H14N2O. The molecule has 0 bridgehead atoms. The normalized spacial score (nSPS) is 10.6. The molecule has 3 nitrogen and oxygen atoms in total. The molecule has 94 valence electrons. The first-order valence-corrected chi connectivity index (χ1v) is 6.19. The fourth-order valence-electron chi connectivity index (χ4n) is 2.09. The molecule has 0 atom stereocenters. The Bertz CT molecular complexity index is 702. The SMILES string of the molecule is Cc1ccccc1-c1oc(-c2ccncc2)nc1C. The predicted molar refractivity (Wildman–Crippen MR) is 74.6 cm³/mol. The van der Waals surface area contributed by atoms with Crippen LogP contribution < -0.4 is 0 Å². The van der Waals surface area contributed by atoms with Crippen molar-refractivity contribution >= 4 is 0 Å². The summed E-state index contributed by atoms with van der Waals surface area (Å²) in [6.45, 7) is 4.04. The molecule has 0 aliphatic rings. The Morgan fingerprint density at radius 3 is 2.42 bits per heavy atom. The second-order valence-corrected chi connectivity index (χ2v) is 4.48. The third-order valence-corrected chi connectivity index (χ3v) is 3.11. The molecule has 0 amide bonds. The molecule has 2 aromatic heterocycles. The van der Waals surface area contributed by atoms with Crippen molar-refractivity contribution in [2.45, 2.75) is 13.8 Å². The Hall–Kier alpha value is -2.42. The van der Waals surface area contributed by atoms with Crippen LogP contribution in [0.15, 0.2) is 53.2 Å². The van der Waals surface area contributed by atoms with Gasteiger partial charge in [0.1, 0.15) is 0 Å². The van der Waals surface area contributed by atoms with Crippen molar-refractivity contribution in [2.75, 3.05) is 0 Å². The van der Waals surface area contributed by atoms with E-state index in [9.17, 15) is 0 Å². The quantitative estimate of drug-likeness (QED) is 0.689. The second kappa shape index (κ2) is 4.69. The van der Waals surface area contributed by atoms with Gasteiger partial charge in [0.2, 0.25) is 5.89 Å². The third-order valence-electron chi connectivity index (χ3n) is 3.11. The zero-order chi connectivity index (χ0) is 13.2. The van der Waals surface area contributed by atoms with Crippen molar-refractivity contribution in [1.29, 1.82) is 0 Å². The fourth-order valence-corrected chi connectivity index (χ4v) is 2.09. The summed E-state index contributed by atoms with van der Waals surface area (Å²) in [6, 6.07) is 12.0. The number of hydrogen-bond donors (Lipinski definition) is 0. The summed E-state index contributed by atoms with van der Waals surface area (Å²) >= 11 is 0. The van der Waals surface area contributed by atoms with Crippen LogP contribution in [0.25, 0.3) is 22.8 Å². The van der Waals surface area contributed by atoms with Gasteiger partial charge < -0.3 is 4.42 Å². The van der Waals surface area contributed by atoms with Crippen LogP contribution in [0.2, 0.25) is 0 Å². The predicted octanol–water partition coefficient (Wildman–Crippen LogP) is 4.02. The van der Waals surface area contributed by atoms with Gasteiger partial charge in [0.15, 0.2) is 5.76 Å². The first-order valence-electron chi connectivity index (χ1n) is 6.19. The first-order chi connectivity index (χ1) is 9.25. The molecule has 3 aromatic rings.